The van der Waals surface area contributed by atoms with Crippen LogP contribution in [0.3, 0.4) is 0 Å². The second-order valence-corrected chi connectivity index (χ2v) is 9.68. The van der Waals surface area contributed by atoms with Gasteiger partial charge in [-0.3, -0.25) is 19.1 Å². The monoisotopic (exact) mass is 483 g/mol. The first-order valence-electron chi connectivity index (χ1n) is 12.3. The number of carbonyl (C=O) groups is 3. The number of rotatable bonds is 11. The summed E-state index contributed by atoms with van der Waals surface area (Å²) in [6.45, 7) is 9.73. The van der Waals surface area contributed by atoms with Gasteiger partial charge < -0.3 is 20.3 Å². The lowest BCUT2D eigenvalue weighted by Gasteiger charge is -2.40. The number of unbranched alkanes of at least 4 members (excludes halogenated alkanes) is 1. The summed E-state index contributed by atoms with van der Waals surface area (Å²) in [5, 5.41) is 10.1. The Bertz CT molecular complexity index is 1050. The van der Waals surface area contributed by atoms with Crippen molar-refractivity contribution in [3.8, 4) is 5.75 Å². The minimum atomic E-state index is -1.10. The van der Waals surface area contributed by atoms with Crippen LogP contribution in [0.5, 0.6) is 5.75 Å². The molecule has 2 heterocycles. The summed E-state index contributed by atoms with van der Waals surface area (Å²) in [5.74, 6) is 0.305. The van der Waals surface area contributed by atoms with Gasteiger partial charge in [-0.2, -0.15) is 5.10 Å². The molecular formula is C26H37N5O4. The molecule has 3 rings (SSSR count). The Morgan fingerprint density at radius 1 is 1.20 bits per heavy atom. The number of aromatic nitrogens is 2. The average Bonchev–Trinajstić information content (AvgIpc) is 3.25. The van der Waals surface area contributed by atoms with Crippen LogP contribution in [0.15, 0.2) is 30.3 Å². The highest BCUT2D eigenvalue weighted by Gasteiger charge is 2.46. The van der Waals surface area contributed by atoms with Gasteiger partial charge in [0.25, 0.3) is 11.8 Å². The summed E-state index contributed by atoms with van der Waals surface area (Å²) in [6, 6.07) is 9.06. The van der Waals surface area contributed by atoms with Crippen molar-refractivity contribution in [1.82, 2.24) is 25.3 Å². The molecule has 0 unspecified atom stereocenters. The molecule has 1 aromatic carbocycles. The Labute approximate surface area is 207 Å². The fourth-order valence-electron chi connectivity index (χ4n) is 3.81. The fraction of sp³-hybridized carbons (Fsp3) is 0.538. The zero-order chi connectivity index (χ0) is 25.6. The number of ether oxygens (including phenoxy) is 1. The Morgan fingerprint density at radius 3 is 2.57 bits per heavy atom. The van der Waals surface area contributed by atoms with Gasteiger partial charge in [-0.1, -0.05) is 39.3 Å². The first-order valence-corrected chi connectivity index (χ1v) is 12.3. The van der Waals surface area contributed by atoms with E-state index >= 15 is 0 Å². The van der Waals surface area contributed by atoms with E-state index in [1.807, 2.05) is 24.3 Å². The molecule has 3 amide bonds. The van der Waals surface area contributed by atoms with Gasteiger partial charge in [0.2, 0.25) is 5.91 Å². The number of nitrogens with zero attached hydrogens (tertiary/aromatic N) is 3. The molecule has 0 aliphatic carbocycles. The van der Waals surface area contributed by atoms with Crippen molar-refractivity contribution >= 4 is 17.7 Å². The SMILES string of the molecule is CCCCOc1ccc(CNC(=O)c2cc3n(n2)C[C@@](C)(C(=O)NCCC(C)C)N(C)C3=O)cc1. The lowest BCUT2D eigenvalue weighted by atomic mass is 9.95. The third-order valence-corrected chi connectivity index (χ3v) is 6.37. The van der Waals surface area contributed by atoms with Crippen molar-refractivity contribution in [3.63, 3.8) is 0 Å². The van der Waals surface area contributed by atoms with Gasteiger partial charge in [-0.05, 0) is 43.4 Å². The molecule has 9 heteroatoms. The van der Waals surface area contributed by atoms with Crippen LogP contribution in [0.25, 0.3) is 0 Å². The number of amides is 3. The minimum Gasteiger partial charge on any atom is -0.494 e. The van der Waals surface area contributed by atoms with Gasteiger partial charge in [0.15, 0.2) is 5.69 Å². The first kappa shape index (κ1) is 26.2. The lowest BCUT2D eigenvalue weighted by molar-refractivity contribution is -0.132. The molecule has 2 aromatic rings. The molecule has 9 nitrogen and oxygen atoms in total. The van der Waals surface area contributed by atoms with Crippen LogP contribution in [0.1, 0.15) is 73.5 Å². The Hall–Kier alpha value is -3.36. The molecule has 0 fully saturated rings. The average molecular weight is 484 g/mol. The van der Waals surface area contributed by atoms with E-state index in [-0.39, 0.29) is 30.0 Å². The number of benzene rings is 1. The highest BCUT2D eigenvalue weighted by molar-refractivity contribution is 6.01. The molecule has 35 heavy (non-hydrogen) atoms. The number of nitrogens with one attached hydrogen (secondary N) is 2. The zero-order valence-corrected chi connectivity index (χ0v) is 21.4. The second kappa shape index (κ2) is 11.4. The Kier molecular flexibility index (Phi) is 8.53. The fourth-order valence-corrected chi connectivity index (χ4v) is 3.81. The standard InChI is InChI=1S/C26H37N5O4/c1-6-7-14-35-20-10-8-19(9-11-20)16-28-23(32)21-15-22-24(33)30(5)26(4,17-31(22)29-21)25(34)27-13-12-18(2)3/h8-11,15,18H,6-7,12-14,16-17H2,1-5H3,(H,27,34)(H,28,32)/t26-/m0/s1. The molecule has 190 valence electrons. The summed E-state index contributed by atoms with van der Waals surface area (Å²) in [5.41, 5.74) is 0.262. The predicted molar refractivity (Wildman–Crippen MR) is 133 cm³/mol. The van der Waals surface area contributed by atoms with Crippen LogP contribution in [0.4, 0.5) is 0 Å². The molecule has 2 N–H and O–H groups in total. The maximum atomic E-state index is 13.0. The van der Waals surface area contributed by atoms with Crippen LogP contribution in [0.2, 0.25) is 0 Å². The van der Waals surface area contributed by atoms with Gasteiger partial charge in [0.1, 0.15) is 17.0 Å². The quantitative estimate of drug-likeness (QED) is 0.478. The molecule has 1 aliphatic heterocycles. The molecule has 0 saturated carbocycles. The smallest absolute Gasteiger partial charge is 0.272 e. The second-order valence-electron chi connectivity index (χ2n) is 9.68. The van der Waals surface area contributed by atoms with Gasteiger partial charge >= 0.3 is 0 Å². The number of fused-ring (bicyclic) bond motifs is 1. The van der Waals surface area contributed by atoms with E-state index in [9.17, 15) is 14.4 Å². The van der Waals surface area contributed by atoms with Crippen LogP contribution >= 0.6 is 0 Å². The van der Waals surface area contributed by atoms with E-state index in [1.165, 1.54) is 15.6 Å². The molecule has 0 bridgehead atoms. The number of likely N-dealkylation sites (N-methyl/N-ethyl adjacent to an activating group) is 1. The van der Waals surface area contributed by atoms with Crippen molar-refractivity contribution in [2.75, 3.05) is 20.2 Å². The molecule has 0 spiro atoms. The highest BCUT2D eigenvalue weighted by Crippen LogP contribution is 2.26. The van der Waals surface area contributed by atoms with E-state index < -0.39 is 5.54 Å². The summed E-state index contributed by atoms with van der Waals surface area (Å²) in [4.78, 5) is 40.1. The van der Waals surface area contributed by atoms with Crippen LogP contribution in [0, 0.1) is 5.92 Å². The van der Waals surface area contributed by atoms with E-state index in [2.05, 4.69) is 36.5 Å². The van der Waals surface area contributed by atoms with E-state index in [4.69, 9.17) is 4.74 Å². The first-order chi connectivity index (χ1) is 16.7. The molecule has 0 saturated heterocycles. The van der Waals surface area contributed by atoms with Crippen LogP contribution < -0.4 is 15.4 Å². The highest BCUT2D eigenvalue weighted by atomic mass is 16.5. The molecule has 1 atom stereocenters. The van der Waals surface area contributed by atoms with Crippen molar-refractivity contribution in [3.05, 3.63) is 47.3 Å². The summed E-state index contributed by atoms with van der Waals surface area (Å²) in [6.07, 6.45) is 2.94. The molecule has 1 aromatic heterocycles. The molecule has 1 aliphatic rings. The van der Waals surface area contributed by atoms with Crippen molar-refractivity contribution < 1.29 is 19.1 Å². The largest absolute Gasteiger partial charge is 0.494 e. The normalized spacial score (nSPS) is 17.3. The topological polar surface area (TPSA) is 106 Å². The van der Waals surface area contributed by atoms with Gasteiger partial charge in [0, 0.05) is 26.2 Å². The molecular weight excluding hydrogens is 446 g/mol. The maximum absolute atomic E-state index is 13.0. The van der Waals surface area contributed by atoms with Gasteiger partial charge in [-0.15, -0.1) is 0 Å². The molecule has 0 radical (unpaired) electrons. The summed E-state index contributed by atoms with van der Waals surface area (Å²) in [7, 11) is 1.61. The van der Waals surface area contributed by atoms with Gasteiger partial charge in [-0.25, -0.2) is 0 Å². The third kappa shape index (κ3) is 6.21. The number of carbonyl (C=O) groups excluding carboxylic acids is 3. The van der Waals surface area contributed by atoms with Crippen LogP contribution in [-0.4, -0.2) is 58.1 Å². The van der Waals surface area contributed by atoms with Crippen molar-refractivity contribution in [2.45, 2.75) is 65.6 Å². The van der Waals surface area contributed by atoms with E-state index in [0.717, 1.165) is 30.6 Å². The minimum absolute atomic E-state index is 0.144. The number of hydrogen-bond acceptors (Lipinski definition) is 5. The number of hydrogen-bond donors (Lipinski definition) is 2. The summed E-state index contributed by atoms with van der Waals surface area (Å²) >= 11 is 0. The Morgan fingerprint density at radius 2 is 1.91 bits per heavy atom. The van der Waals surface area contributed by atoms with Crippen molar-refractivity contribution in [2.24, 2.45) is 5.92 Å². The van der Waals surface area contributed by atoms with Crippen molar-refractivity contribution in [1.29, 1.82) is 0 Å². The van der Waals surface area contributed by atoms with E-state index in [1.54, 1.807) is 14.0 Å². The predicted octanol–water partition coefficient (Wildman–Crippen LogP) is 3.00. The van der Waals surface area contributed by atoms with E-state index in [0.29, 0.717) is 31.3 Å². The maximum Gasteiger partial charge on any atom is 0.272 e. The zero-order valence-electron chi connectivity index (χ0n) is 21.4. The third-order valence-electron chi connectivity index (χ3n) is 6.37. The Balaban J connectivity index is 1.63. The summed E-state index contributed by atoms with van der Waals surface area (Å²) < 4.78 is 7.12. The lowest BCUT2D eigenvalue weighted by Crippen LogP contribution is -2.62. The van der Waals surface area contributed by atoms with Crippen LogP contribution in [-0.2, 0) is 17.9 Å². The van der Waals surface area contributed by atoms with Gasteiger partial charge in [0.05, 0.1) is 13.2 Å².